The van der Waals surface area contributed by atoms with Crippen LogP contribution in [0.15, 0.2) is 23.6 Å². The molecule has 22 heavy (non-hydrogen) atoms. The Bertz CT molecular complexity index is 693. The van der Waals surface area contributed by atoms with E-state index in [0.717, 1.165) is 24.4 Å². The fraction of sp³-hybridized carbons (Fsp3) is 0.333. The molecular weight excluding hydrogens is 318 g/mol. The molecule has 3 rings (SSSR count). The number of hydrazine groups is 1. The van der Waals surface area contributed by atoms with E-state index in [1.54, 1.807) is 17.4 Å². The van der Waals surface area contributed by atoms with E-state index < -0.39 is 0 Å². The second kappa shape index (κ2) is 6.60. The number of aryl methyl sites for hydroxylation is 1. The Morgan fingerprint density at radius 2 is 2.14 bits per heavy atom. The highest BCUT2D eigenvalue weighted by Crippen LogP contribution is 2.23. The number of hydrogen-bond donors (Lipinski definition) is 2. The van der Waals surface area contributed by atoms with Gasteiger partial charge in [-0.05, 0) is 42.5 Å². The van der Waals surface area contributed by atoms with E-state index in [9.17, 15) is 9.59 Å². The van der Waals surface area contributed by atoms with Crippen LogP contribution in [-0.2, 0) is 17.8 Å². The molecule has 0 aliphatic carbocycles. The molecule has 0 bridgehead atoms. The average molecular weight is 335 g/mol. The maximum Gasteiger partial charge on any atom is 0.279 e. The highest BCUT2D eigenvalue weighted by Gasteiger charge is 2.19. The van der Waals surface area contributed by atoms with Gasteiger partial charge in [-0.1, -0.05) is 0 Å². The van der Waals surface area contributed by atoms with Crippen molar-refractivity contribution in [3.05, 3.63) is 43.8 Å². The van der Waals surface area contributed by atoms with Gasteiger partial charge in [0.05, 0.1) is 11.4 Å². The largest absolute Gasteiger partial charge is 0.290 e. The van der Waals surface area contributed by atoms with Crippen molar-refractivity contribution in [3.63, 3.8) is 0 Å². The molecule has 5 nitrogen and oxygen atoms in total. The molecule has 2 aromatic heterocycles. The molecular formula is C15H17N3O2S2. The SMILES string of the molecule is Cc1ccc(C(=O)NNC(=O)CN2CCc3sccc3C2)s1. The molecule has 0 aromatic carbocycles. The number of hydrogen-bond acceptors (Lipinski definition) is 5. The van der Waals surface area contributed by atoms with Crippen molar-refractivity contribution in [1.82, 2.24) is 15.8 Å². The topological polar surface area (TPSA) is 61.4 Å². The molecule has 3 heterocycles. The number of rotatable bonds is 3. The van der Waals surface area contributed by atoms with Crippen molar-refractivity contribution in [3.8, 4) is 0 Å². The molecule has 2 amide bonds. The molecule has 7 heteroatoms. The molecule has 116 valence electrons. The van der Waals surface area contributed by atoms with Gasteiger partial charge in [0.25, 0.3) is 11.8 Å². The van der Waals surface area contributed by atoms with Crippen LogP contribution in [0.4, 0.5) is 0 Å². The number of thiophene rings is 2. The van der Waals surface area contributed by atoms with Gasteiger partial charge in [0.2, 0.25) is 0 Å². The third kappa shape index (κ3) is 3.55. The monoisotopic (exact) mass is 335 g/mol. The Morgan fingerprint density at radius 3 is 2.91 bits per heavy atom. The van der Waals surface area contributed by atoms with Crippen molar-refractivity contribution in [1.29, 1.82) is 0 Å². The summed E-state index contributed by atoms with van der Waals surface area (Å²) >= 11 is 3.18. The van der Waals surface area contributed by atoms with E-state index in [2.05, 4.69) is 27.2 Å². The lowest BCUT2D eigenvalue weighted by Crippen LogP contribution is -2.47. The van der Waals surface area contributed by atoms with Crippen molar-refractivity contribution >= 4 is 34.5 Å². The second-order valence-electron chi connectivity index (χ2n) is 5.24. The first-order valence-corrected chi connectivity index (χ1v) is 8.74. The minimum absolute atomic E-state index is 0.194. The molecule has 0 spiro atoms. The van der Waals surface area contributed by atoms with Crippen LogP contribution in [0.2, 0.25) is 0 Å². The third-order valence-electron chi connectivity index (χ3n) is 3.53. The first-order valence-electron chi connectivity index (χ1n) is 7.05. The number of fused-ring (bicyclic) bond motifs is 1. The molecule has 0 saturated heterocycles. The Morgan fingerprint density at radius 1 is 1.27 bits per heavy atom. The third-order valence-corrected chi connectivity index (χ3v) is 5.56. The summed E-state index contributed by atoms with van der Waals surface area (Å²) in [4.78, 5) is 29.0. The van der Waals surface area contributed by atoms with Gasteiger partial charge < -0.3 is 0 Å². The van der Waals surface area contributed by atoms with Crippen LogP contribution in [0, 0.1) is 6.92 Å². The highest BCUT2D eigenvalue weighted by molar-refractivity contribution is 7.13. The summed E-state index contributed by atoms with van der Waals surface area (Å²) in [7, 11) is 0. The van der Waals surface area contributed by atoms with Crippen LogP contribution >= 0.6 is 22.7 Å². The number of amides is 2. The quantitative estimate of drug-likeness (QED) is 0.843. The van der Waals surface area contributed by atoms with Crippen LogP contribution in [0.3, 0.4) is 0 Å². The fourth-order valence-corrected chi connectivity index (χ4v) is 4.08. The Hall–Kier alpha value is -1.70. The predicted octanol–water partition coefficient (Wildman–Crippen LogP) is 1.94. The summed E-state index contributed by atoms with van der Waals surface area (Å²) in [5.74, 6) is -0.467. The molecule has 1 aliphatic rings. The predicted molar refractivity (Wildman–Crippen MR) is 88.0 cm³/mol. The normalized spacial score (nSPS) is 14.4. The molecule has 0 atom stereocenters. The Labute approximate surface area is 136 Å². The van der Waals surface area contributed by atoms with Gasteiger partial charge in [0.15, 0.2) is 0 Å². The van der Waals surface area contributed by atoms with Crippen molar-refractivity contribution in [2.75, 3.05) is 13.1 Å². The maximum atomic E-state index is 11.9. The van der Waals surface area contributed by atoms with Crippen LogP contribution in [0.1, 0.15) is 25.0 Å². The minimum atomic E-state index is -0.273. The summed E-state index contributed by atoms with van der Waals surface area (Å²) in [5, 5.41) is 2.09. The van der Waals surface area contributed by atoms with E-state index >= 15 is 0 Å². The van der Waals surface area contributed by atoms with Gasteiger partial charge in [-0.2, -0.15) is 0 Å². The van der Waals surface area contributed by atoms with Gasteiger partial charge >= 0.3 is 0 Å². The molecule has 0 radical (unpaired) electrons. The van der Waals surface area contributed by atoms with E-state index in [-0.39, 0.29) is 11.8 Å². The molecule has 0 unspecified atom stereocenters. The lowest BCUT2D eigenvalue weighted by molar-refractivity contribution is -0.123. The summed E-state index contributed by atoms with van der Waals surface area (Å²) in [5.41, 5.74) is 6.26. The summed E-state index contributed by atoms with van der Waals surface area (Å²) in [6.45, 7) is 3.90. The number of nitrogens with one attached hydrogen (secondary N) is 2. The minimum Gasteiger partial charge on any atom is -0.290 e. The van der Waals surface area contributed by atoms with Gasteiger partial charge in [0.1, 0.15) is 0 Å². The zero-order valence-electron chi connectivity index (χ0n) is 12.2. The van der Waals surface area contributed by atoms with Crippen molar-refractivity contribution in [2.45, 2.75) is 19.9 Å². The summed E-state index contributed by atoms with van der Waals surface area (Å²) in [6.07, 6.45) is 0.987. The fourth-order valence-electron chi connectivity index (χ4n) is 2.43. The lowest BCUT2D eigenvalue weighted by Gasteiger charge is -2.26. The van der Waals surface area contributed by atoms with E-state index in [1.807, 2.05) is 13.0 Å². The molecule has 0 saturated carbocycles. The number of nitrogens with zero attached hydrogens (tertiary/aromatic N) is 1. The standard InChI is InChI=1S/C15H17N3O2S2/c1-10-2-3-13(22-10)15(20)17-16-14(19)9-18-6-4-12-11(8-18)5-7-21-12/h2-3,5,7H,4,6,8-9H2,1H3,(H,16,19)(H,17,20). The van der Waals surface area contributed by atoms with Crippen molar-refractivity contribution in [2.24, 2.45) is 0 Å². The lowest BCUT2D eigenvalue weighted by atomic mass is 10.1. The number of carbonyl (C=O) groups is 2. The van der Waals surface area contributed by atoms with Gasteiger partial charge in [-0.25, -0.2) is 0 Å². The first kappa shape index (κ1) is 15.2. The first-order chi connectivity index (χ1) is 10.6. The molecule has 0 fully saturated rings. The summed E-state index contributed by atoms with van der Waals surface area (Å²) < 4.78 is 0. The zero-order valence-corrected chi connectivity index (χ0v) is 13.9. The van der Waals surface area contributed by atoms with Gasteiger partial charge in [-0.15, -0.1) is 22.7 Å². The Kier molecular flexibility index (Phi) is 4.56. The van der Waals surface area contributed by atoms with Crippen LogP contribution < -0.4 is 10.9 Å². The van der Waals surface area contributed by atoms with E-state index in [0.29, 0.717) is 11.4 Å². The summed E-state index contributed by atoms with van der Waals surface area (Å²) in [6, 6.07) is 5.75. The second-order valence-corrected chi connectivity index (χ2v) is 7.53. The van der Waals surface area contributed by atoms with Crippen LogP contribution in [0.5, 0.6) is 0 Å². The van der Waals surface area contributed by atoms with Crippen LogP contribution in [-0.4, -0.2) is 29.8 Å². The zero-order chi connectivity index (χ0) is 15.5. The molecule has 1 aliphatic heterocycles. The van der Waals surface area contributed by atoms with Gasteiger partial charge in [-0.3, -0.25) is 25.3 Å². The van der Waals surface area contributed by atoms with E-state index in [1.165, 1.54) is 21.8 Å². The van der Waals surface area contributed by atoms with Gasteiger partial charge in [0, 0.05) is 22.8 Å². The highest BCUT2D eigenvalue weighted by atomic mass is 32.1. The number of carbonyl (C=O) groups excluding carboxylic acids is 2. The Balaban J connectivity index is 1.46. The van der Waals surface area contributed by atoms with Crippen molar-refractivity contribution < 1.29 is 9.59 Å². The maximum absolute atomic E-state index is 11.9. The smallest absolute Gasteiger partial charge is 0.279 e. The molecule has 2 N–H and O–H groups in total. The van der Waals surface area contributed by atoms with E-state index in [4.69, 9.17) is 0 Å². The van der Waals surface area contributed by atoms with Crippen LogP contribution in [0.25, 0.3) is 0 Å². The molecule has 2 aromatic rings. The average Bonchev–Trinajstić information content (AvgIpc) is 3.13.